The Labute approximate surface area is 177 Å². The van der Waals surface area contributed by atoms with Gasteiger partial charge in [-0.3, -0.25) is 0 Å². The molecule has 1 aromatic carbocycles. The lowest BCUT2D eigenvalue weighted by atomic mass is 10.0. The standard InChI is InChI=1S/C22H28FN3O2.ClH/c1-14(27-3)11-18-20(12-15(2)28-4)26-19-9-10-24-22(21(18)19)25-13-16-5-7-17(23)8-6-16;/h5-10,14-15,26H,11-13H2,1-4H3,(H,24,25);1H. The predicted octanol–water partition coefficient (Wildman–Crippen LogP) is 4.89. The molecule has 2 unspecified atom stereocenters. The van der Waals surface area contributed by atoms with E-state index in [2.05, 4.69) is 29.1 Å². The summed E-state index contributed by atoms with van der Waals surface area (Å²) in [5, 5.41) is 4.49. The Morgan fingerprint density at radius 3 is 2.34 bits per heavy atom. The van der Waals surface area contributed by atoms with Crippen LogP contribution in [0, 0.1) is 5.82 Å². The maximum Gasteiger partial charge on any atom is 0.135 e. The summed E-state index contributed by atoms with van der Waals surface area (Å²) in [5.41, 5.74) is 4.37. The van der Waals surface area contributed by atoms with Gasteiger partial charge in [0.1, 0.15) is 11.6 Å². The summed E-state index contributed by atoms with van der Waals surface area (Å²) in [4.78, 5) is 8.11. The summed E-state index contributed by atoms with van der Waals surface area (Å²) in [7, 11) is 3.45. The second-order valence-corrected chi connectivity index (χ2v) is 7.15. The van der Waals surface area contributed by atoms with Crippen LogP contribution in [0.5, 0.6) is 0 Å². The smallest absolute Gasteiger partial charge is 0.135 e. The molecule has 0 amide bonds. The lowest BCUT2D eigenvalue weighted by Crippen LogP contribution is -2.14. The van der Waals surface area contributed by atoms with Gasteiger partial charge in [0.2, 0.25) is 0 Å². The van der Waals surface area contributed by atoms with Gasteiger partial charge in [0, 0.05) is 50.9 Å². The van der Waals surface area contributed by atoms with E-state index in [-0.39, 0.29) is 30.4 Å². The van der Waals surface area contributed by atoms with Crippen molar-refractivity contribution in [3.8, 4) is 0 Å². The number of aromatic amines is 1. The molecule has 0 fully saturated rings. The van der Waals surface area contributed by atoms with Crippen LogP contribution >= 0.6 is 12.4 Å². The fourth-order valence-corrected chi connectivity index (χ4v) is 3.32. The van der Waals surface area contributed by atoms with Crippen molar-refractivity contribution in [2.24, 2.45) is 0 Å². The number of anilines is 1. The summed E-state index contributed by atoms with van der Waals surface area (Å²) in [6.45, 7) is 4.69. The molecule has 2 atom stereocenters. The number of H-pyrrole nitrogens is 1. The van der Waals surface area contributed by atoms with E-state index in [4.69, 9.17) is 9.47 Å². The van der Waals surface area contributed by atoms with Gasteiger partial charge in [-0.25, -0.2) is 9.37 Å². The Morgan fingerprint density at radius 1 is 1.03 bits per heavy atom. The number of rotatable bonds is 9. The maximum absolute atomic E-state index is 13.1. The highest BCUT2D eigenvalue weighted by atomic mass is 35.5. The molecule has 7 heteroatoms. The van der Waals surface area contributed by atoms with Crippen LogP contribution in [0.1, 0.15) is 30.7 Å². The molecular weight excluding hydrogens is 393 g/mol. The summed E-state index contributed by atoms with van der Waals surface area (Å²) < 4.78 is 24.1. The number of aromatic nitrogens is 2. The first-order valence-electron chi connectivity index (χ1n) is 9.54. The number of pyridine rings is 1. The van der Waals surface area contributed by atoms with Crippen LogP contribution in [0.3, 0.4) is 0 Å². The van der Waals surface area contributed by atoms with Gasteiger partial charge in [0.05, 0.1) is 17.7 Å². The molecule has 0 saturated carbocycles. The van der Waals surface area contributed by atoms with Crippen LogP contribution in [0.15, 0.2) is 36.5 Å². The van der Waals surface area contributed by atoms with Crippen LogP contribution in [0.2, 0.25) is 0 Å². The molecule has 158 valence electrons. The van der Waals surface area contributed by atoms with Crippen molar-refractivity contribution < 1.29 is 13.9 Å². The fourth-order valence-electron chi connectivity index (χ4n) is 3.32. The molecule has 0 aliphatic carbocycles. The van der Waals surface area contributed by atoms with Crippen molar-refractivity contribution >= 4 is 29.1 Å². The van der Waals surface area contributed by atoms with Crippen LogP contribution in [-0.2, 0) is 28.9 Å². The van der Waals surface area contributed by atoms with Crippen molar-refractivity contribution in [3.63, 3.8) is 0 Å². The maximum atomic E-state index is 13.1. The molecular formula is C22H29ClFN3O2. The van der Waals surface area contributed by atoms with Gasteiger partial charge in [0.15, 0.2) is 0 Å². The average molecular weight is 422 g/mol. The van der Waals surface area contributed by atoms with Crippen LogP contribution < -0.4 is 5.32 Å². The molecule has 0 aliphatic rings. The Morgan fingerprint density at radius 2 is 1.69 bits per heavy atom. The van der Waals surface area contributed by atoms with Gasteiger partial charge < -0.3 is 19.8 Å². The van der Waals surface area contributed by atoms with E-state index in [1.54, 1.807) is 32.5 Å². The normalized spacial score (nSPS) is 13.1. The Balaban J connectivity index is 0.00000300. The van der Waals surface area contributed by atoms with Crippen molar-refractivity contribution in [2.45, 2.75) is 45.4 Å². The van der Waals surface area contributed by atoms with Gasteiger partial charge in [0.25, 0.3) is 0 Å². The first-order valence-corrected chi connectivity index (χ1v) is 9.54. The topological polar surface area (TPSA) is 59.2 Å². The average Bonchev–Trinajstić information content (AvgIpc) is 3.04. The molecule has 3 rings (SSSR count). The fraction of sp³-hybridized carbons (Fsp3) is 0.409. The van der Waals surface area contributed by atoms with E-state index in [0.717, 1.165) is 40.8 Å². The summed E-state index contributed by atoms with van der Waals surface area (Å²) in [5.74, 6) is 0.579. The van der Waals surface area contributed by atoms with E-state index in [1.807, 2.05) is 6.07 Å². The third kappa shape index (κ3) is 5.69. The first-order chi connectivity index (χ1) is 13.5. The van der Waals surface area contributed by atoms with Crippen LogP contribution in [-0.4, -0.2) is 36.4 Å². The first kappa shape index (κ1) is 23.1. The van der Waals surface area contributed by atoms with Crippen molar-refractivity contribution in [1.82, 2.24) is 9.97 Å². The van der Waals surface area contributed by atoms with Gasteiger partial charge in [-0.15, -0.1) is 12.4 Å². The minimum atomic E-state index is -0.234. The molecule has 2 heterocycles. The van der Waals surface area contributed by atoms with Crippen molar-refractivity contribution in [2.75, 3.05) is 19.5 Å². The number of ether oxygens (including phenoxy) is 2. The highest BCUT2D eigenvalue weighted by Gasteiger charge is 2.19. The second-order valence-electron chi connectivity index (χ2n) is 7.15. The van der Waals surface area contributed by atoms with Gasteiger partial charge in [-0.05, 0) is 43.2 Å². The number of nitrogens with one attached hydrogen (secondary N) is 2. The van der Waals surface area contributed by atoms with Crippen LogP contribution in [0.4, 0.5) is 10.2 Å². The molecule has 2 aromatic heterocycles. The molecule has 0 saturated heterocycles. The number of fused-ring (bicyclic) bond motifs is 1. The minimum Gasteiger partial charge on any atom is -0.381 e. The Kier molecular flexibility index (Phi) is 8.44. The number of hydrogen-bond acceptors (Lipinski definition) is 4. The van der Waals surface area contributed by atoms with Crippen molar-refractivity contribution in [3.05, 3.63) is 59.2 Å². The van der Waals surface area contributed by atoms with Gasteiger partial charge in [-0.1, -0.05) is 12.1 Å². The van der Waals surface area contributed by atoms with E-state index in [0.29, 0.717) is 6.54 Å². The summed E-state index contributed by atoms with van der Waals surface area (Å²) in [6, 6.07) is 8.48. The number of hydrogen-bond donors (Lipinski definition) is 2. The molecule has 0 radical (unpaired) electrons. The van der Waals surface area contributed by atoms with Gasteiger partial charge in [-0.2, -0.15) is 0 Å². The molecule has 0 aliphatic heterocycles. The molecule has 0 spiro atoms. The number of halogens is 2. The summed E-state index contributed by atoms with van der Waals surface area (Å²) >= 11 is 0. The lowest BCUT2D eigenvalue weighted by molar-refractivity contribution is 0.114. The van der Waals surface area contributed by atoms with Crippen LogP contribution in [0.25, 0.3) is 10.9 Å². The van der Waals surface area contributed by atoms with Crippen molar-refractivity contribution in [1.29, 1.82) is 0 Å². The van der Waals surface area contributed by atoms with E-state index in [1.165, 1.54) is 17.7 Å². The molecule has 0 bridgehead atoms. The second kappa shape index (κ2) is 10.6. The predicted molar refractivity (Wildman–Crippen MR) is 117 cm³/mol. The minimum absolute atomic E-state index is 0. The number of nitrogens with zero attached hydrogens (tertiary/aromatic N) is 1. The highest BCUT2D eigenvalue weighted by molar-refractivity contribution is 5.94. The molecule has 2 N–H and O–H groups in total. The zero-order chi connectivity index (χ0) is 20.1. The third-order valence-corrected chi connectivity index (χ3v) is 5.06. The Hall–Kier alpha value is -2.15. The van der Waals surface area contributed by atoms with E-state index < -0.39 is 0 Å². The zero-order valence-corrected chi connectivity index (χ0v) is 18.1. The van der Waals surface area contributed by atoms with E-state index in [9.17, 15) is 4.39 Å². The monoisotopic (exact) mass is 421 g/mol. The SMILES string of the molecule is COC(C)Cc1[nH]c2ccnc(NCc3ccc(F)cc3)c2c1CC(C)OC.Cl. The highest BCUT2D eigenvalue weighted by Crippen LogP contribution is 2.30. The van der Waals surface area contributed by atoms with E-state index >= 15 is 0 Å². The molecule has 3 aromatic rings. The third-order valence-electron chi connectivity index (χ3n) is 5.06. The summed E-state index contributed by atoms with van der Waals surface area (Å²) in [6.07, 6.45) is 3.54. The largest absolute Gasteiger partial charge is 0.381 e. The lowest BCUT2D eigenvalue weighted by Gasteiger charge is -2.14. The Bertz CT molecular complexity index is 914. The number of benzene rings is 1. The quantitative estimate of drug-likeness (QED) is 0.516. The zero-order valence-electron chi connectivity index (χ0n) is 17.3. The molecule has 29 heavy (non-hydrogen) atoms. The molecule has 5 nitrogen and oxygen atoms in total. The number of methoxy groups -OCH3 is 2. The van der Waals surface area contributed by atoms with Gasteiger partial charge >= 0.3 is 0 Å².